The second-order valence-electron chi connectivity index (χ2n) is 4.47. The molecule has 0 saturated heterocycles. The summed E-state index contributed by atoms with van der Waals surface area (Å²) in [5.74, 6) is 0.221. The van der Waals surface area contributed by atoms with E-state index in [0.29, 0.717) is 17.0 Å². The summed E-state index contributed by atoms with van der Waals surface area (Å²) >= 11 is 0. The third-order valence-electron chi connectivity index (χ3n) is 2.78. The number of amides is 1. The number of nitrogens with one attached hydrogen (secondary N) is 1. The van der Waals surface area contributed by atoms with Crippen molar-refractivity contribution in [2.75, 3.05) is 12.4 Å². The van der Waals surface area contributed by atoms with E-state index in [1.54, 1.807) is 36.4 Å². The Labute approximate surface area is 122 Å². The van der Waals surface area contributed by atoms with Crippen molar-refractivity contribution in [2.24, 2.45) is 0 Å². The van der Waals surface area contributed by atoms with Gasteiger partial charge in [0, 0.05) is 18.7 Å². The standard InChI is InChI=1S/C16H16FNO3/c1-11(19)18-13-4-3-5-14(9-13)21-10-12-6-7-16(20-2)15(17)8-12/h3-9H,10H2,1-2H3,(H,18,19). The average Bonchev–Trinajstić information content (AvgIpc) is 2.45. The van der Waals surface area contributed by atoms with E-state index in [1.165, 1.54) is 20.1 Å². The van der Waals surface area contributed by atoms with Crippen molar-refractivity contribution in [3.05, 3.63) is 53.8 Å². The van der Waals surface area contributed by atoms with Gasteiger partial charge in [-0.3, -0.25) is 4.79 Å². The topological polar surface area (TPSA) is 47.6 Å². The van der Waals surface area contributed by atoms with Gasteiger partial charge < -0.3 is 14.8 Å². The number of hydrogen-bond donors (Lipinski definition) is 1. The van der Waals surface area contributed by atoms with Crippen LogP contribution in [0.2, 0.25) is 0 Å². The molecule has 0 heterocycles. The van der Waals surface area contributed by atoms with Gasteiger partial charge in [0.25, 0.3) is 0 Å². The fourth-order valence-electron chi connectivity index (χ4n) is 1.83. The van der Waals surface area contributed by atoms with Crippen LogP contribution >= 0.6 is 0 Å². The molecule has 110 valence electrons. The number of anilines is 1. The first-order valence-corrected chi connectivity index (χ1v) is 6.41. The molecule has 0 unspecified atom stereocenters. The molecule has 0 saturated carbocycles. The first kappa shape index (κ1) is 14.8. The molecule has 0 aliphatic rings. The van der Waals surface area contributed by atoms with Gasteiger partial charge in [0.15, 0.2) is 11.6 Å². The number of ether oxygens (including phenoxy) is 2. The molecule has 4 nitrogen and oxygen atoms in total. The van der Waals surface area contributed by atoms with Gasteiger partial charge in [-0.2, -0.15) is 0 Å². The summed E-state index contributed by atoms with van der Waals surface area (Å²) in [6.07, 6.45) is 0. The number of rotatable bonds is 5. The molecule has 0 spiro atoms. The molecule has 1 amide bonds. The Balaban J connectivity index is 2.02. The minimum Gasteiger partial charge on any atom is -0.494 e. The average molecular weight is 289 g/mol. The SMILES string of the molecule is COc1ccc(COc2cccc(NC(C)=O)c2)cc1F. The number of carbonyl (C=O) groups is 1. The summed E-state index contributed by atoms with van der Waals surface area (Å²) in [5, 5.41) is 2.67. The summed E-state index contributed by atoms with van der Waals surface area (Å²) in [6.45, 7) is 1.66. The zero-order valence-electron chi connectivity index (χ0n) is 11.9. The van der Waals surface area contributed by atoms with E-state index in [1.807, 2.05) is 0 Å². The minimum atomic E-state index is -0.425. The van der Waals surface area contributed by atoms with Gasteiger partial charge in [-0.1, -0.05) is 12.1 Å². The monoisotopic (exact) mass is 289 g/mol. The van der Waals surface area contributed by atoms with E-state index in [-0.39, 0.29) is 18.3 Å². The quantitative estimate of drug-likeness (QED) is 0.918. The van der Waals surface area contributed by atoms with Crippen molar-refractivity contribution >= 4 is 11.6 Å². The molecule has 2 aromatic rings. The third kappa shape index (κ3) is 4.21. The van der Waals surface area contributed by atoms with Gasteiger partial charge in [-0.05, 0) is 29.8 Å². The van der Waals surface area contributed by atoms with Crippen molar-refractivity contribution in [3.63, 3.8) is 0 Å². The van der Waals surface area contributed by atoms with Gasteiger partial charge in [-0.25, -0.2) is 4.39 Å². The van der Waals surface area contributed by atoms with Crippen molar-refractivity contribution in [1.29, 1.82) is 0 Å². The lowest BCUT2D eigenvalue weighted by molar-refractivity contribution is -0.114. The molecular formula is C16H16FNO3. The highest BCUT2D eigenvalue weighted by Crippen LogP contribution is 2.21. The van der Waals surface area contributed by atoms with E-state index in [4.69, 9.17) is 9.47 Å². The van der Waals surface area contributed by atoms with Crippen LogP contribution in [0.15, 0.2) is 42.5 Å². The Kier molecular flexibility index (Phi) is 4.77. The van der Waals surface area contributed by atoms with Crippen molar-refractivity contribution in [3.8, 4) is 11.5 Å². The molecule has 0 radical (unpaired) electrons. The highest BCUT2D eigenvalue weighted by molar-refractivity contribution is 5.88. The molecule has 0 aliphatic carbocycles. The first-order chi connectivity index (χ1) is 10.1. The van der Waals surface area contributed by atoms with Crippen LogP contribution in [-0.4, -0.2) is 13.0 Å². The Morgan fingerprint density at radius 3 is 2.71 bits per heavy atom. The predicted octanol–water partition coefficient (Wildman–Crippen LogP) is 3.37. The Morgan fingerprint density at radius 2 is 2.05 bits per heavy atom. The highest BCUT2D eigenvalue weighted by atomic mass is 19.1. The number of methoxy groups -OCH3 is 1. The second kappa shape index (κ2) is 6.74. The Hall–Kier alpha value is -2.56. The van der Waals surface area contributed by atoms with Gasteiger partial charge in [0.2, 0.25) is 5.91 Å². The Morgan fingerprint density at radius 1 is 1.24 bits per heavy atom. The number of halogens is 1. The largest absolute Gasteiger partial charge is 0.494 e. The van der Waals surface area contributed by atoms with Crippen LogP contribution in [0.5, 0.6) is 11.5 Å². The van der Waals surface area contributed by atoms with Crippen LogP contribution in [-0.2, 0) is 11.4 Å². The van der Waals surface area contributed by atoms with E-state index >= 15 is 0 Å². The Bertz CT molecular complexity index is 643. The molecule has 5 heteroatoms. The van der Waals surface area contributed by atoms with Crippen molar-refractivity contribution in [1.82, 2.24) is 0 Å². The van der Waals surface area contributed by atoms with E-state index in [0.717, 1.165) is 0 Å². The second-order valence-corrected chi connectivity index (χ2v) is 4.47. The number of carbonyl (C=O) groups excluding carboxylic acids is 1. The first-order valence-electron chi connectivity index (χ1n) is 6.41. The zero-order valence-corrected chi connectivity index (χ0v) is 11.9. The maximum Gasteiger partial charge on any atom is 0.221 e. The molecule has 0 fully saturated rings. The molecule has 0 bridgehead atoms. The minimum absolute atomic E-state index is 0.149. The van der Waals surface area contributed by atoms with E-state index < -0.39 is 5.82 Å². The van der Waals surface area contributed by atoms with Gasteiger partial charge in [0.05, 0.1) is 7.11 Å². The molecule has 2 aromatic carbocycles. The van der Waals surface area contributed by atoms with Gasteiger partial charge in [-0.15, -0.1) is 0 Å². The smallest absolute Gasteiger partial charge is 0.221 e. The summed E-state index contributed by atoms with van der Waals surface area (Å²) in [4.78, 5) is 11.0. The maximum absolute atomic E-state index is 13.6. The lowest BCUT2D eigenvalue weighted by Crippen LogP contribution is -2.05. The van der Waals surface area contributed by atoms with Crippen molar-refractivity contribution in [2.45, 2.75) is 13.5 Å². The fourth-order valence-corrected chi connectivity index (χ4v) is 1.83. The summed E-state index contributed by atoms with van der Waals surface area (Å²) in [7, 11) is 1.42. The molecular weight excluding hydrogens is 273 g/mol. The van der Waals surface area contributed by atoms with Crippen LogP contribution in [0.3, 0.4) is 0 Å². The van der Waals surface area contributed by atoms with Gasteiger partial charge >= 0.3 is 0 Å². The lowest BCUT2D eigenvalue weighted by atomic mass is 10.2. The van der Waals surface area contributed by atoms with Crippen LogP contribution in [0.1, 0.15) is 12.5 Å². The molecule has 1 N–H and O–H groups in total. The fraction of sp³-hybridized carbons (Fsp3) is 0.188. The lowest BCUT2D eigenvalue weighted by Gasteiger charge is -2.09. The molecule has 21 heavy (non-hydrogen) atoms. The van der Waals surface area contributed by atoms with Crippen molar-refractivity contribution < 1.29 is 18.7 Å². The number of hydrogen-bond acceptors (Lipinski definition) is 3. The van der Waals surface area contributed by atoms with Crippen LogP contribution < -0.4 is 14.8 Å². The zero-order chi connectivity index (χ0) is 15.2. The van der Waals surface area contributed by atoms with E-state index in [2.05, 4.69) is 5.32 Å². The molecule has 0 atom stereocenters. The number of benzene rings is 2. The molecule has 0 aliphatic heterocycles. The summed E-state index contributed by atoms with van der Waals surface area (Å²) < 4.78 is 24.0. The van der Waals surface area contributed by atoms with Crippen LogP contribution in [0.25, 0.3) is 0 Å². The third-order valence-corrected chi connectivity index (χ3v) is 2.78. The molecule has 2 rings (SSSR count). The van der Waals surface area contributed by atoms with E-state index in [9.17, 15) is 9.18 Å². The summed E-state index contributed by atoms with van der Waals surface area (Å²) in [6, 6.07) is 11.7. The maximum atomic E-state index is 13.6. The predicted molar refractivity (Wildman–Crippen MR) is 78.0 cm³/mol. The van der Waals surface area contributed by atoms with Gasteiger partial charge in [0.1, 0.15) is 12.4 Å². The highest BCUT2D eigenvalue weighted by Gasteiger charge is 2.04. The van der Waals surface area contributed by atoms with Crippen LogP contribution in [0.4, 0.5) is 10.1 Å². The molecule has 0 aromatic heterocycles. The van der Waals surface area contributed by atoms with Crippen LogP contribution in [0, 0.1) is 5.82 Å². The summed E-state index contributed by atoms with van der Waals surface area (Å²) in [5.41, 5.74) is 1.35. The normalized spacial score (nSPS) is 10.0.